The first kappa shape index (κ1) is 83.2. The minimum Gasteiger partial charge on any atom is -0.475 e. The number of anilines is 4. The van der Waals surface area contributed by atoms with Gasteiger partial charge in [0.25, 0.3) is 11.1 Å². The first-order chi connectivity index (χ1) is 48.7. The van der Waals surface area contributed by atoms with Gasteiger partial charge in [0.05, 0.1) is 90.2 Å². The van der Waals surface area contributed by atoms with Crippen molar-refractivity contribution in [1.82, 2.24) is 35.0 Å². The van der Waals surface area contributed by atoms with Gasteiger partial charge in [-0.1, -0.05) is 0 Å². The Morgan fingerprint density at radius 1 is 0.515 bits per heavy atom. The van der Waals surface area contributed by atoms with Crippen LogP contribution in [0.5, 0.6) is 0 Å². The number of nitriles is 2. The Morgan fingerprint density at radius 3 is 1.25 bits per heavy atom. The molecule has 0 saturated heterocycles. The van der Waals surface area contributed by atoms with Crippen LogP contribution in [0, 0.1) is 64.2 Å². The summed E-state index contributed by atoms with van der Waals surface area (Å²) >= 11 is 16.6. The highest BCUT2D eigenvalue weighted by atomic mass is 79.9. The van der Waals surface area contributed by atoms with E-state index in [9.17, 15) is 43.2 Å². The number of amides is 4. The van der Waals surface area contributed by atoms with Gasteiger partial charge >= 0.3 is 42.1 Å². The lowest BCUT2D eigenvalue weighted by atomic mass is 10.2. The van der Waals surface area contributed by atoms with Crippen LogP contribution in [0.2, 0.25) is 0 Å². The number of fused-ring (bicyclic) bond motifs is 4. The Kier molecular flexibility index (Phi) is 31.1. The van der Waals surface area contributed by atoms with Crippen LogP contribution in [-0.2, 0) is 28.5 Å². The van der Waals surface area contributed by atoms with Gasteiger partial charge in [-0.15, -0.1) is 0 Å². The first-order valence-electron chi connectivity index (χ1n) is 30.0. The zero-order valence-corrected chi connectivity index (χ0v) is 64.8. The van der Waals surface area contributed by atoms with E-state index in [-0.39, 0.29) is 112 Å². The summed E-state index contributed by atoms with van der Waals surface area (Å²) in [6, 6.07) is 15.1. The molecule has 10 heterocycles. The Labute approximate surface area is 626 Å². The minimum absolute atomic E-state index is 0.00634. The Bertz CT molecular complexity index is 5070. The molecular formula is C65H64Br5N13O20. The number of nitrogens with zero attached hydrogens (tertiary/aromatic N) is 7. The molecule has 10 rings (SSSR count). The largest absolute Gasteiger partial charge is 0.475 e. The number of rotatable bonds is 13. The molecule has 0 spiro atoms. The number of aromatic amines is 2. The smallest absolute Gasteiger partial charge is 0.411 e. The second-order valence-corrected chi connectivity index (χ2v) is 24.5. The highest BCUT2D eigenvalue weighted by molar-refractivity contribution is 9.11. The summed E-state index contributed by atoms with van der Waals surface area (Å²) < 4.78 is 49.4. The number of pyridine rings is 6. The van der Waals surface area contributed by atoms with E-state index >= 15 is 0 Å². The van der Waals surface area contributed by atoms with Gasteiger partial charge < -0.3 is 62.2 Å². The van der Waals surface area contributed by atoms with Crippen LogP contribution in [0.4, 0.5) is 37.1 Å². The number of carbonyl (C=O) groups is 7. The van der Waals surface area contributed by atoms with Crippen molar-refractivity contribution < 1.29 is 84.9 Å². The fourth-order valence-corrected chi connectivity index (χ4v) is 9.70. The SMILES string of the molecule is CCOC(=O)Nc1c(C(=O)N(C)OC)oc2nc(C)c(Br)cc12.CCOC(=O)Nc1c(C(=O)O)oc2nc(C)c(Br)cc12.CCOC(=O)Nc1c(C(=O)OCC)oc2nc(C)c(Br)cc12.CCOC(=O)c1oc2nc(C)c(Br)cc2c1N.Cc1[nH]c(=O)c(C#N)cc1Br.Cc1ccc(C#N)c(=O)[nH]1. The predicted octanol–water partition coefficient (Wildman–Crippen LogP) is 14.4. The normalized spacial score (nSPS) is 10.3. The molecule has 544 valence electrons. The number of aromatic nitrogens is 6. The van der Waals surface area contributed by atoms with Crippen LogP contribution < -0.4 is 32.8 Å². The molecule has 0 fully saturated rings. The second kappa shape index (κ2) is 38.5. The van der Waals surface area contributed by atoms with Gasteiger partial charge in [0.1, 0.15) is 40.3 Å². The number of aromatic carboxylic acids is 1. The molecule has 103 heavy (non-hydrogen) atoms. The van der Waals surface area contributed by atoms with Gasteiger partial charge in [-0.25, -0.2) is 53.8 Å². The molecule has 0 aliphatic heterocycles. The van der Waals surface area contributed by atoms with E-state index in [0.717, 1.165) is 40.0 Å². The highest BCUT2D eigenvalue weighted by Gasteiger charge is 2.29. The maximum Gasteiger partial charge on any atom is 0.411 e. The summed E-state index contributed by atoms with van der Waals surface area (Å²) in [5.74, 6) is -3.71. The molecule has 0 atom stereocenters. The number of nitrogens with two attached hydrogens (primary N) is 1. The molecule has 0 radical (unpaired) electrons. The molecule has 0 aliphatic rings. The minimum atomic E-state index is -1.30. The summed E-state index contributed by atoms with van der Waals surface area (Å²) in [6.07, 6.45) is -2.14. The monoisotopic (exact) mass is 1740 g/mol. The van der Waals surface area contributed by atoms with Crippen molar-refractivity contribution in [1.29, 1.82) is 10.5 Å². The molecule has 0 aromatic carbocycles. The number of hydroxylamine groups is 2. The number of carboxylic acid groups (broad SMARTS) is 1. The number of nitrogens with one attached hydrogen (secondary N) is 5. The van der Waals surface area contributed by atoms with Gasteiger partial charge in [0.2, 0.25) is 45.9 Å². The number of halogens is 5. The maximum absolute atomic E-state index is 12.4. The van der Waals surface area contributed by atoms with Crippen LogP contribution in [0.25, 0.3) is 44.4 Å². The van der Waals surface area contributed by atoms with Crippen molar-refractivity contribution in [2.75, 3.05) is 68.9 Å². The Morgan fingerprint density at radius 2 is 0.864 bits per heavy atom. The lowest BCUT2D eigenvalue weighted by molar-refractivity contribution is -0.0771. The number of carboxylic acids is 1. The number of nitrogen functional groups attached to an aromatic ring is 1. The molecular weight excluding hydrogens is 1680 g/mol. The first-order valence-corrected chi connectivity index (χ1v) is 33.9. The third-order valence-corrected chi connectivity index (χ3v) is 17.2. The fraction of sp³-hybridized carbons (Fsp3) is 0.277. The molecule has 0 unspecified atom stereocenters. The number of esters is 2. The quantitative estimate of drug-likeness (QED) is 0.0320. The average Bonchev–Trinajstić information content (AvgIpc) is 1.67. The van der Waals surface area contributed by atoms with E-state index < -0.39 is 47.9 Å². The molecule has 0 saturated carbocycles. The average molecular weight is 1750 g/mol. The number of ether oxygens (including phenoxy) is 5. The molecule has 10 aromatic rings. The van der Waals surface area contributed by atoms with Gasteiger partial charge in [-0.2, -0.15) is 10.5 Å². The lowest BCUT2D eigenvalue weighted by Crippen LogP contribution is -2.26. The van der Waals surface area contributed by atoms with Gasteiger partial charge in [-0.05, 0) is 198 Å². The van der Waals surface area contributed by atoms with Crippen molar-refractivity contribution in [3.8, 4) is 12.1 Å². The summed E-state index contributed by atoms with van der Waals surface area (Å²) in [5.41, 5.74) is 11.3. The van der Waals surface area contributed by atoms with Crippen LogP contribution in [0.3, 0.4) is 0 Å². The molecule has 8 N–H and O–H groups in total. The number of aryl methyl sites for hydroxylation is 6. The second-order valence-electron chi connectivity index (χ2n) is 20.3. The third kappa shape index (κ3) is 21.8. The molecule has 38 heteroatoms. The van der Waals surface area contributed by atoms with Crippen LogP contribution in [0.1, 0.15) is 122 Å². The topological polar surface area (TPSA) is 478 Å². The molecule has 10 aromatic heterocycles. The number of carbonyl (C=O) groups excluding carboxylic acids is 6. The van der Waals surface area contributed by atoms with Crippen molar-refractivity contribution in [2.24, 2.45) is 0 Å². The van der Waals surface area contributed by atoms with E-state index in [1.165, 1.54) is 26.3 Å². The zero-order chi connectivity index (χ0) is 76.9. The Balaban J connectivity index is 0.000000227. The van der Waals surface area contributed by atoms with E-state index in [2.05, 4.69) is 126 Å². The number of H-pyrrole nitrogens is 2. The summed E-state index contributed by atoms with van der Waals surface area (Å²) in [5, 5.41) is 36.2. The van der Waals surface area contributed by atoms with Crippen molar-refractivity contribution in [3.05, 3.63) is 154 Å². The maximum atomic E-state index is 12.4. The molecule has 33 nitrogen and oxygen atoms in total. The summed E-state index contributed by atoms with van der Waals surface area (Å²) in [7, 11) is 2.77. The third-order valence-electron chi connectivity index (χ3n) is 13.1. The van der Waals surface area contributed by atoms with E-state index in [1.54, 1.807) is 112 Å². The fourth-order valence-electron chi connectivity index (χ4n) is 8.10. The van der Waals surface area contributed by atoms with E-state index in [1.807, 2.05) is 6.92 Å². The van der Waals surface area contributed by atoms with Gasteiger partial charge in [0, 0.05) is 40.8 Å². The number of furan rings is 4. The summed E-state index contributed by atoms with van der Waals surface area (Å²) in [4.78, 5) is 130. The van der Waals surface area contributed by atoms with Crippen molar-refractivity contribution >= 4 is 189 Å². The van der Waals surface area contributed by atoms with Crippen LogP contribution in [-0.4, -0.2) is 129 Å². The lowest BCUT2D eigenvalue weighted by Gasteiger charge is -2.12. The standard InChI is InChI=1S/C14H16BrN3O5.C14H15BrN2O5.C12H11BrN2O5.C11H11BrN2O3.C7H5BrN2O.C7H6N2O/c1-5-22-14(20)17-10-8-6-9(15)7(2)16-12(8)23-11(10)13(19)18(3)21-4;1-4-20-13(18)11-10(17-14(19)21-5-2)8-6-9(15)7(3)16-12(8)22-11;1-3-19-12(18)15-8-6-4-7(13)5(2)14-10(6)20-9(8)11(16)17;1-3-16-11(15)9-8(13)6-4-7(12)5(2)14-10(6)17-9;1-4-6(8)2-5(3-9)7(11)10-4;1-5-2-3-6(4-8)7(10)9-5/h6H,5H2,1-4H3,(H,17,20);6H,4-5H2,1-3H3,(H,17,19);4H,3H2,1-2H3,(H,15,18)(H,16,17);4H,3,13H2,1-2H3;2H,1H3,(H,10,11);2-3H,1H3,(H,9,10). The number of hydrogen-bond donors (Lipinski definition) is 7. The summed E-state index contributed by atoms with van der Waals surface area (Å²) in [6.45, 7) is 20.1. The van der Waals surface area contributed by atoms with Crippen molar-refractivity contribution in [2.45, 2.75) is 76.2 Å². The molecule has 0 bridgehead atoms. The predicted molar refractivity (Wildman–Crippen MR) is 391 cm³/mol. The van der Waals surface area contributed by atoms with Gasteiger partial charge in [-0.3, -0.25) is 35.2 Å². The molecule has 4 amide bonds. The number of hydrogen-bond acceptors (Lipinski definition) is 26. The molecule has 0 aliphatic carbocycles. The Hall–Kier alpha value is -10.5. The van der Waals surface area contributed by atoms with Crippen LogP contribution in [0.15, 0.2) is 92.1 Å². The van der Waals surface area contributed by atoms with Crippen LogP contribution >= 0.6 is 79.6 Å². The highest BCUT2D eigenvalue weighted by Crippen LogP contribution is 2.37. The zero-order valence-electron chi connectivity index (χ0n) is 56.9. The van der Waals surface area contributed by atoms with Gasteiger partial charge in [0.15, 0.2) is 0 Å². The van der Waals surface area contributed by atoms with E-state index in [4.69, 9.17) is 67.6 Å². The van der Waals surface area contributed by atoms with E-state index in [0.29, 0.717) is 48.8 Å². The van der Waals surface area contributed by atoms with Crippen molar-refractivity contribution in [3.63, 3.8) is 0 Å².